The van der Waals surface area contributed by atoms with Gasteiger partial charge in [-0.2, -0.15) is 0 Å². The van der Waals surface area contributed by atoms with Gasteiger partial charge in [-0.05, 0) is 30.0 Å². The van der Waals surface area contributed by atoms with Crippen LogP contribution < -0.4 is 5.32 Å². The van der Waals surface area contributed by atoms with E-state index in [9.17, 15) is 4.39 Å². The lowest BCUT2D eigenvalue weighted by atomic mass is 9.93. The number of halogens is 2. The molecule has 0 aromatic heterocycles. The standard InChI is InChI=1S/C14H19ClFNO/c1-10-8-14(10,9-17-5-6-18-2)12-4-3-11(16)7-13(12)15/h3-4,7,10,17H,5-6,8-9H2,1-2H3. The molecule has 0 radical (unpaired) electrons. The average molecular weight is 272 g/mol. The van der Waals surface area contributed by atoms with Crippen molar-refractivity contribution in [2.45, 2.75) is 18.8 Å². The molecule has 0 saturated heterocycles. The SMILES string of the molecule is COCCNCC1(c2ccc(F)cc2Cl)CC1C. The number of hydrogen-bond donors (Lipinski definition) is 1. The van der Waals surface area contributed by atoms with Crippen molar-refractivity contribution < 1.29 is 9.13 Å². The highest BCUT2D eigenvalue weighted by atomic mass is 35.5. The molecule has 1 aliphatic carbocycles. The maximum Gasteiger partial charge on any atom is 0.124 e. The Balaban J connectivity index is 2.08. The third-order valence-electron chi connectivity index (χ3n) is 3.84. The summed E-state index contributed by atoms with van der Waals surface area (Å²) in [4.78, 5) is 0. The molecule has 1 N–H and O–H groups in total. The molecule has 0 spiro atoms. The Bertz CT molecular complexity index is 426. The van der Waals surface area contributed by atoms with Crippen LogP contribution in [0.15, 0.2) is 18.2 Å². The summed E-state index contributed by atoms with van der Waals surface area (Å²) >= 11 is 6.17. The molecule has 1 aromatic carbocycles. The van der Waals surface area contributed by atoms with E-state index in [2.05, 4.69) is 12.2 Å². The van der Waals surface area contributed by atoms with Crippen LogP contribution in [-0.2, 0) is 10.2 Å². The highest BCUT2D eigenvalue weighted by molar-refractivity contribution is 6.31. The second-order valence-corrected chi connectivity index (χ2v) is 5.46. The predicted molar refractivity (Wildman–Crippen MR) is 71.6 cm³/mol. The van der Waals surface area contributed by atoms with Crippen molar-refractivity contribution >= 4 is 11.6 Å². The van der Waals surface area contributed by atoms with Crippen molar-refractivity contribution in [3.8, 4) is 0 Å². The lowest BCUT2D eigenvalue weighted by molar-refractivity contribution is 0.198. The van der Waals surface area contributed by atoms with E-state index in [4.69, 9.17) is 16.3 Å². The fraction of sp³-hybridized carbons (Fsp3) is 0.571. The first-order valence-electron chi connectivity index (χ1n) is 6.25. The Morgan fingerprint density at radius 3 is 2.83 bits per heavy atom. The fourth-order valence-corrected chi connectivity index (χ4v) is 2.94. The second-order valence-electron chi connectivity index (χ2n) is 5.06. The van der Waals surface area contributed by atoms with Crippen LogP contribution in [0.2, 0.25) is 5.02 Å². The minimum absolute atomic E-state index is 0.0680. The summed E-state index contributed by atoms with van der Waals surface area (Å²) in [6.07, 6.45) is 1.10. The average Bonchev–Trinajstić information content (AvgIpc) is 2.96. The summed E-state index contributed by atoms with van der Waals surface area (Å²) in [5, 5.41) is 3.92. The van der Waals surface area contributed by atoms with Crippen LogP contribution in [0.25, 0.3) is 0 Å². The van der Waals surface area contributed by atoms with Gasteiger partial charge in [0.15, 0.2) is 0 Å². The van der Waals surface area contributed by atoms with Gasteiger partial charge in [0.25, 0.3) is 0 Å². The Hall–Kier alpha value is -0.640. The van der Waals surface area contributed by atoms with Crippen molar-refractivity contribution in [3.63, 3.8) is 0 Å². The molecule has 1 saturated carbocycles. The monoisotopic (exact) mass is 271 g/mol. The first-order valence-corrected chi connectivity index (χ1v) is 6.63. The second kappa shape index (κ2) is 5.55. The first-order chi connectivity index (χ1) is 8.60. The number of ether oxygens (including phenoxy) is 1. The van der Waals surface area contributed by atoms with E-state index in [1.54, 1.807) is 7.11 Å². The Morgan fingerprint density at radius 1 is 1.56 bits per heavy atom. The van der Waals surface area contributed by atoms with Crippen LogP contribution in [0.4, 0.5) is 4.39 Å². The van der Waals surface area contributed by atoms with Gasteiger partial charge in [-0.1, -0.05) is 24.6 Å². The summed E-state index contributed by atoms with van der Waals surface area (Å²) < 4.78 is 18.1. The summed E-state index contributed by atoms with van der Waals surface area (Å²) in [5.41, 5.74) is 1.13. The summed E-state index contributed by atoms with van der Waals surface area (Å²) in [6.45, 7) is 4.59. The normalized spacial score (nSPS) is 26.3. The molecule has 1 fully saturated rings. The molecule has 0 bridgehead atoms. The van der Waals surface area contributed by atoms with Crippen molar-refractivity contribution in [2.75, 3.05) is 26.8 Å². The fourth-order valence-electron chi connectivity index (χ4n) is 2.58. The van der Waals surface area contributed by atoms with Gasteiger partial charge in [-0.15, -0.1) is 0 Å². The van der Waals surface area contributed by atoms with Crippen LogP contribution in [0.5, 0.6) is 0 Å². The van der Waals surface area contributed by atoms with E-state index >= 15 is 0 Å². The first kappa shape index (κ1) is 13.8. The third kappa shape index (κ3) is 2.68. The van der Waals surface area contributed by atoms with Crippen LogP contribution >= 0.6 is 11.6 Å². The molecule has 0 heterocycles. The maximum absolute atomic E-state index is 13.1. The Morgan fingerprint density at radius 2 is 2.28 bits per heavy atom. The van der Waals surface area contributed by atoms with Crippen molar-refractivity contribution in [1.82, 2.24) is 5.32 Å². The Labute approximate surface area is 112 Å². The van der Waals surface area contributed by atoms with Crippen LogP contribution in [0.3, 0.4) is 0 Å². The molecule has 1 aliphatic rings. The maximum atomic E-state index is 13.1. The molecule has 2 nitrogen and oxygen atoms in total. The minimum atomic E-state index is -0.278. The summed E-state index contributed by atoms with van der Waals surface area (Å²) in [6, 6.07) is 4.71. The minimum Gasteiger partial charge on any atom is -0.383 e. The van der Waals surface area contributed by atoms with Crippen LogP contribution in [-0.4, -0.2) is 26.8 Å². The number of methoxy groups -OCH3 is 1. The van der Waals surface area contributed by atoms with Gasteiger partial charge in [0, 0.05) is 30.6 Å². The zero-order valence-corrected chi connectivity index (χ0v) is 11.6. The molecule has 4 heteroatoms. The van der Waals surface area contributed by atoms with E-state index in [0.29, 0.717) is 17.5 Å². The molecule has 0 aliphatic heterocycles. The molecule has 1 aromatic rings. The number of rotatable bonds is 6. The molecule has 2 rings (SSSR count). The van der Waals surface area contributed by atoms with Gasteiger partial charge < -0.3 is 10.1 Å². The van der Waals surface area contributed by atoms with Crippen molar-refractivity contribution in [2.24, 2.45) is 5.92 Å². The van der Waals surface area contributed by atoms with E-state index in [1.807, 2.05) is 6.07 Å². The van der Waals surface area contributed by atoms with Gasteiger partial charge >= 0.3 is 0 Å². The van der Waals surface area contributed by atoms with Gasteiger partial charge in [0.05, 0.1) is 6.61 Å². The van der Waals surface area contributed by atoms with E-state index in [0.717, 1.165) is 25.1 Å². The lowest BCUT2D eigenvalue weighted by Crippen LogP contribution is -2.31. The third-order valence-corrected chi connectivity index (χ3v) is 4.16. The zero-order valence-electron chi connectivity index (χ0n) is 10.8. The molecular weight excluding hydrogens is 253 g/mol. The van der Waals surface area contributed by atoms with Crippen molar-refractivity contribution in [3.05, 3.63) is 34.6 Å². The number of nitrogens with one attached hydrogen (secondary N) is 1. The zero-order chi connectivity index (χ0) is 13.2. The molecular formula is C14H19ClFNO. The van der Waals surface area contributed by atoms with Crippen LogP contribution in [0, 0.1) is 11.7 Å². The topological polar surface area (TPSA) is 21.3 Å². The van der Waals surface area contributed by atoms with E-state index in [-0.39, 0.29) is 11.2 Å². The molecule has 18 heavy (non-hydrogen) atoms. The molecule has 2 unspecified atom stereocenters. The van der Waals surface area contributed by atoms with E-state index in [1.165, 1.54) is 12.1 Å². The largest absolute Gasteiger partial charge is 0.383 e. The summed E-state index contributed by atoms with van der Waals surface area (Å²) in [7, 11) is 1.69. The highest BCUT2D eigenvalue weighted by Gasteiger charge is 2.52. The summed E-state index contributed by atoms with van der Waals surface area (Å²) in [5.74, 6) is 0.301. The van der Waals surface area contributed by atoms with Gasteiger partial charge in [-0.25, -0.2) is 4.39 Å². The molecule has 0 amide bonds. The van der Waals surface area contributed by atoms with Gasteiger partial charge in [-0.3, -0.25) is 0 Å². The van der Waals surface area contributed by atoms with Crippen molar-refractivity contribution in [1.29, 1.82) is 0 Å². The van der Waals surface area contributed by atoms with Gasteiger partial charge in [0.2, 0.25) is 0 Å². The van der Waals surface area contributed by atoms with Gasteiger partial charge in [0.1, 0.15) is 5.82 Å². The van der Waals surface area contributed by atoms with E-state index < -0.39 is 0 Å². The molecule has 2 atom stereocenters. The smallest absolute Gasteiger partial charge is 0.124 e. The lowest BCUT2D eigenvalue weighted by Gasteiger charge is -2.19. The highest BCUT2D eigenvalue weighted by Crippen LogP contribution is 2.55. The quantitative estimate of drug-likeness (QED) is 0.803. The number of benzene rings is 1. The molecule has 100 valence electrons. The van der Waals surface area contributed by atoms with Crippen LogP contribution in [0.1, 0.15) is 18.9 Å². The Kier molecular flexibility index (Phi) is 4.25. The number of hydrogen-bond acceptors (Lipinski definition) is 2. The predicted octanol–water partition coefficient (Wildman–Crippen LogP) is 2.99.